The first-order valence-corrected chi connectivity index (χ1v) is 10.3. The van der Waals surface area contributed by atoms with Gasteiger partial charge in [-0.15, -0.1) is 0 Å². The highest BCUT2D eigenvalue weighted by Gasteiger charge is 2.22. The fraction of sp³-hybridized carbons (Fsp3) is 0.455. The van der Waals surface area contributed by atoms with E-state index in [1.165, 1.54) is 0 Å². The summed E-state index contributed by atoms with van der Waals surface area (Å²) in [4.78, 5) is 21.4. The van der Waals surface area contributed by atoms with Crippen molar-refractivity contribution < 1.29 is 14.6 Å². The summed E-state index contributed by atoms with van der Waals surface area (Å²) in [6.45, 7) is 5.22. The number of carbonyl (C=O) groups is 1. The Hall–Kier alpha value is -2.64. The van der Waals surface area contributed by atoms with Crippen LogP contribution < -0.4 is 5.32 Å². The van der Waals surface area contributed by atoms with Gasteiger partial charge in [0.05, 0.1) is 13.2 Å². The number of nitrogens with zero attached hydrogens (tertiary/aromatic N) is 3. The lowest BCUT2D eigenvalue weighted by Gasteiger charge is -2.33. The standard InChI is InChI=1S/C22H28N4O3/c27-20-5-1-3-17(13-20)15-25-8-2-4-19(16-25)24-21-14-18(6-7-23-21)22(28)26-9-11-29-12-10-26/h1,3,5-7,13-14,19,27H,2,4,8-12,15-16H2,(H,23,24). The van der Waals surface area contributed by atoms with E-state index in [0.29, 0.717) is 37.6 Å². The van der Waals surface area contributed by atoms with Crippen molar-refractivity contribution in [3.8, 4) is 5.75 Å². The van der Waals surface area contributed by atoms with Crippen LogP contribution in [0.3, 0.4) is 0 Å². The number of rotatable bonds is 5. The third-order valence-corrected chi connectivity index (χ3v) is 5.48. The van der Waals surface area contributed by atoms with Crippen LogP contribution in [0, 0.1) is 0 Å². The normalized spacial score (nSPS) is 20.4. The summed E-state index contributed by atoms with van der Waals surface area (Å²) < 4.78 is 5.33. The number of benzene rings is 1. The van der Waals surface area contributed by atoms with Gasteiger partial charge in [-0.2, -0.15) is 0 Å². The Kier molecular flexibility index (Phi) is 6.27. The first kappa shape index (κ1) is 19.7. The van der Waals surface area contributed by atoms with Gasteiger partial charge in [0.2, 0.25) is 0 Å². The van der Waals surface area contributed by atoms with Gasteiger partial charge in [0.25, 0.3) is 5.91 Å². The molecule has 0 aliphatic carbocycles. The quantitative estimate of drug-likeness (QED) is 0.808. The summed E-state index contributed by atoms with van der Waals surface area (Å²) in [6, 6.07) is 11.3. The molecule has 1 amide bonds. The van der Waals surface area contributed by atoms with Crippen LogP contribution in [0.5, 0.6) is 5.75 Å². The number of aromatic nitrogens is 1. The van der Waals surface area contributed by atoms with Crippen molar-refractivity contribution >= 4 is 11.7 Å². The molecule has 2 aromatic rings. The molecule has 2 aliphatic heterocycles. The number of nitrogens with one attached hydrogen (secondary N) is 1. The van der Waals surface area contributed by atoms with E-state index < -0.39 is 0 Å². The van der Waals surface area contributed by atoms with Gasteiger partial charge in [-0.1, -0.05) is 12.1 Å². The predicted octanol–water partition coefficient (Wildman–Crippen LogP) is 2.34. The maximum atomic E-state index is 12.7. The van der Waals surface area contributed by atoms with Crippen molar-refractivity contribution in [3.05, 3.63) is 53.7 Å². The number of aromatic hydroxyl groups is 1. The Bertz CT molecular complexity index is 838. The van der Waals surface area contributed by atoms with Gasteiger partial charge < -0.3 is 20.1 Å². The van der Waals surface area contributed by atoms with Crippen molar-refractivity contribution in [3.63, 3.8) is 0 Å². The maximum absolute atomic E-state index is 12.7. The zero-order valence-corrected chi connectivity index (χ0v) is 16.6. The van der Waals surface area contributed by atoms with E-state index >= 15 is 0 Å². The van der Waals surface area contributed by atoms with Crippen LogP contribution in [0.1, 0.15) is 28.8 Å². The SMILES string of the molecule is O=C(c1ccnc(NC2CCCN(Cc3cccc(O)c3)C2)c1)N1CCOCC1. The number of ether oxygens (including phenoxy) is 1. The van der Waals surface area contributed by atoms with Crippen LogP contribution in [-0.2, 0) is 11.3 Å². The van der Waals surface area contributed by atoms with Gasteiger partial charge in [0, 0.05) is 44.0 Å². The Morgan fingerprint density at radius 2 is 2.07 bits per heavy atom. The molecule has 29 heavy (non-hydrogen) atoms. The van der Waals surface area contributed by atoms with Crippen molar-refractivity contribution in [1.29, 1.82) is 0 Å². The number of morpholine rings is 1. The van der Waals surface area contributed by atoms with E-state index in [2.05, 4.69) is 15.2 Å². The molecule has 154 valence electrons. The molecule has 7 nitrogen and oxygen atoms in total. The lowest BCUT2D eigenvalue weighted by atomic mass is 10.0. The molecule has 7 heteroatoms. The number of anilines is 1. The predicted molar refractivity (Wildman–Crippen MR) is 111 cm³/mol. The van der Waals surface area contributed by atoms with E-state index in [1.54, 1.807) is 18.3 Å². The third kappa shape index (κ3) is 5.25. The highest BCUT2D eigenvalue weighted by Crippen LogP contribution is 2.19. The van der Waals surface area contributed by atoms with E-state index in [4.69, 9.17) is 4.74 Å². The second-order valence-electron chi connectivity index (χ2n) is 7.72. The summed E-state index contributed by atoms with van der Waals surface area (Å²) >= 11 is 0. The van der Waals surface area contributed by atoms with Crippen LogP contribution >= 0.6 is 0 Å². The summed E-state index contributed by atoms with van der Waals surface area (Å²) in [5, 5.41) is 13.2. The van der Waals surface area contributed by atoms with Crippen LogP contribution in [0.15, 0.2) is 42.6 Å². The molecule has 1 unspecified atom stereocenters. The minimum absolute atomic E-state index is 0.0351. The topological polar surface area (TPSA) is 77.9 Å². The number of amides is 1. The lowest BCUT2D eigenvalue weighted by molar-refractivity contribution is 0.0303. The maximum Gasteiger partial charge on any atom is 0.254 e. The average Bonchev–Trinajstić information content (AvgIpc) is 2.74. The molecule has 0 radical (unpaired) electrons. The number of carbonyl (C=O) groups excluding carboxylic acids is 1. The molecule has 0 spiro atoms. The van der Waals surface area contributed by atoms with Gasteiger partial charge in [-0.05, 0) is 49.2 Å². The minimum atomic E-state index is 0.0351. The van der Waals surface area contributed by atoms with Crippen LogP contribution in [0.2, 0.25) is 0 Å². The number of hydrogen-bond acceptors (Lipinski definition) is 6. The molecule has 0 bridgehead atoms. The largest absolute Gasteiger partial charge is 0.508 e. The lowest BCUT2D eigenvalue weighted by Crippen LogP contribution is -2.42. The van der Waals surface area contributed by atoms with Gasteiger partial charge in [-0.25, -0.2) is 4.98 Å². The summed E-state index contributed by atoms with van der Waals surface area (Å²) in [5.74, 6) is 1.08. The molecule has 2 fully saturated rings. The van der Waals surface area contributed by atoms with Crippen molar-refractivity contribution in [2.24, 2.45) is 0 Å². The van der Waals surface area contributed by atoms with E-state index in [0.717, 1.165) is 43.9 Å². The summed E-state index contributed by atoms with van der Waals surface area (Å²) in [7, 11) is 0. The highest BCUT2D eigenvalue weighted by molar-refractivity contribution is 5.94. The number of hydrogen-bond donors (Lipinski definition) is 2. The van der Waals surface area contributed by atoms with Gasteiger partial charge in [-0.3, -0.25) is 9.69 Å². The summed E-state index contributed by atoms with van der Waals surface area (Å²) in [5.41, 5.74) is 1.78. The molecule has 4 rings (SSSR count). The fourth-order valence-corrected chi connectivity index (χ4v) is 4.03. The molecule has 1 aromatic heterocycles. The van der Waals surface area contributed by atoms with Gasteiger partial charge in [0.1, 0.15) is 11.6 Å². The van der Waals surface area contributed by atoms with Crippen molar-refractivity contribution in [2.45, 2.75) is 25.4 Å². The fourth-order valence-electron chi connectivity index (χ4n) is 4.03. The van der Waals surface area contributed by atoms with E-state index in [1.807, 2.05) is 29.2 Å². The van der Waals surface area contributed by atoms with Gasteiger partial charge in [0.15, 0.2) is 0 Å². The van der Waals surface area contributed by atoms with E-state index in [9.17, 15) is 9.90 Å². The second-order valence-corrected chi connectivity index (χ2v) is 7.72. The monoisotopic (exact) mass is 396 g/mol. The zero-order chi connectivity index (χ0) is 20.1. The van der Waals surface area contributed by atoms with Crippen molar-refractivity contribution in [2.75, 3.05) is 44.7 Å². The Balaban J connectivity index is 1.36. The molecule has 1 aromatic carbocycles. The number of phenols is 1. The van der Waals surface area contributed by atoms with Gasteiger partial charge >= 0.3 is 0 Å². The Morgan fingerprint density at radius 3 is 2.90 bits per heavy atom. The first-order valence-electron chi connectivity index (χ1n) is 10.3. The first-order chi connectivity index (χ1) is 14.2. The molecule has 2 N–H and O–H groups in total. The average molecular weight is 396 g/mol. The third-order valence-electron chi connectivity index (χ3n) is 5.48. The molecule has 3 heterocycles. The zero-order valence-electron chi connectivity index (χ0n) is 16.6. The number of pyridine rings is 1. The molecule has 1 atom stereocenters. The highest BCUT2D eigenvalue weighted by atomic mass is 16.5. The Morgan fingerprint density at radius 1 is 1.21 bits per heavy atom. The number of phenolic OH excluding ortho intramolecular Hbond substituents is 1. The second kappa shape index (κ2) is 9.24. The number of piperidine rings is 1. The van der Waals surface area contributed by atoms with Crippen LogP contribution in [0.4, 0.5) is 5.82 Å². The van der Waals surface area contributed by atoms with E-state index in [-0.39, 0.29) is 11.9 Å². The molecular weight excluding hydrogens is 368 g/mol. The van der Waals surface area contributed by atoms with Crippen LogP contribution in [0.25, 0.3) is 0 Å². The molecule has 0 saturated carbocycles. The smallest absolute Gasteiger partial charge is 0.254 e. The molecule has 2 aliphatic rings. The van der Waals surface area contributed by atoms with Crippen LogP contribution in [-0.4, -0.2) is 71.2 Å². The Labute approximate surface area is 171 Å². The number of likely N-dealkylation sites (tertiary alicyclic amines) is 1. The minimum Gasteiger partial charge on any atom is -0.508 e. The summed E-state index contributed by atoms with van der Waals surface area (Å²) in [6.07, 6.45) is 3.87. The molecule has 2 saturated heterocycles. The molecular formula is C22H28N4O3. The van der Waals surface area contributed by atoms with Crippen molar-refractivity contribution in [1.82, 2.24) is 14.8 Å².